The van der Waals surface area contributed by atoms with Gasteiger partial charge in [-0.15, -0.1) is 0 Å². The van der Waals surface area contributed by atoms with Gasteiger partial charge >= 0.3 is 5.24 Å². The Morgan fingerprint density at radius 2 is 2.22 bits per heavy atom. The molecule has 4 N–H and O–H groups in total. The van der Waals surface area contributed by atoms with E-state index in [2.05, 4.69) is 4.98 Å². The highest BCUT2D eigenvalue weighted by atomic mass is 32.2. The average molecular weight is 273 g/mol. The molecule has 0 saturated carbocycles. The Hall–Kier alpha value is -1.51. The summed E-state index contributed by atoms with van der Waals surface area (Å²) in [4.78, 5) is 14.3. The number of sulfone groups is 1. The summed E-state index contributed by atoms with van der Waals surface area (Å²) in [6.45, 7) is -0.395. The van der Waals surface area contributed by atoms with E-state index >= 15 is 0 Å². The molecule has 1 radical (unpaired) electrons. The van der Waals surface area contributed by atoms with Crippen LogP contribution in [-0.4, -0.2) is 41.6 Å². The standard InChI is InChI=1S/C10H13N2O5S/c11-10(15)18(16,17)9-5-7(3-4-12-9)1-2-8(14)6-13/h1,3-5,8,13-14H,2,6H2,(H2,11,15)/t8-/m0/s1. The predicted molar refractivity (Wildman–Crippen MR) is 62.1 cm³/mol. The molecule has 7 nitrogen and oxygen atoms in total. The lowest BCUT2D eigenvalue weighted by molar-refractivity contribution is 0.0953. The normalized spacial score (nSPS) is 13.2. The number of nitrogens with zero attached hydrogens (tertiary/aromatic N) is 1. The van der Waals surface area contributed by atoms with E-state index in [9.17, 15) is 13.2 Å². The van der Waals surface area contributed by atoms with Gasteiger partial charge < -0.3 is 15.9 Å². The summed E-state index contributed by atoms with van der Waals surface area (Å²) in [5.74, 6) is 0. The maximum absolute atomic E-state index is 11.4. The molecule has 18 heavy (non-hydrogen) atoms. The molecule has 0 unspecified atom stereocenters. The number of amides is 1. The molecule has 0 spiro atoms. The molecule has 0 aromatic carbocycles. The molecular formula is C10H13N2O5S. The third-order valence-electron chi connectivity index (χ3n) is 2.14. The van der Waals surface area contributed by atoms with Crippen LogP contribution in [0.15, 0.2) is 23.4 Å². The number of rotatable bonds is 5. The van der Waals surface area contributed by atoms with Crippen molar-refractivity contribution in [3.63, 3.8) is 0 Å². The molecule has 0 aliphatic carbocycles. The molecule has 1 heterocycles. The zero-order valence-electron chi connectivity index (χ0n) is 9.35. The Balaban J connectivity index is 2.90. The minimum atomic E-state index is -4.25. The molecular weight excluding hydrogens is 260 g/mol. The molecule has 1 rings (SSSR count). The third kappa shape index (κ3) is 3.49. The van der Waals surface area contributed by atoms with Crippen molar-refractivity contribution in [2.24, 2.45) is 5.73 Å². The van der Waals surface area contributed by atoms with Crippen LogP contribution in [0.5, 0.6) is 0 Å². The molecule has 1 atom stereocenters. The number of primary amides is 1. The van der Waals surface area contributed by atoms with Crippen molar-refractivity contribution < 1.29 is 23.4 Å². The van der Waals surface area contributed by atoms with Gasteiger partial charge in [-0.1, -0.05) is 0 Å². The van der Waals surface area contributed by atoms with Crippen LogP contribution in [0.3, 0.4) is 0 Å². The van der Waals surface area contributed by atoms with Crippen LogP contribution in [0.25, 0.3) is 0 Å². The lowest BCUT2D eigenvalue weighted by Crippen LogP contribution is -2.22. The summed E-state index contributed by atoms with van der Waals surface area (Å²) in [5.41, 5.74) is 5.20. The first-order valence-corrected chi connectivity index (χ1v) is 6.49. The van der Waals surface area contributed by atoms with Crippen molar-refractivity contribution in [3.05, 3.63) is 30.3 Å². The number of aliphatic hydroxyl groups excluding tert-OH is 2. The summed E-state index contributed by atoms with van der Waals surface area (Å²) < 4.78 is 22.9. The zero-order chi connectivity index (χ0) is 13.8. The van der Waals surface area contributed by atoms with Crippen molar-refractivity contribution in [3.8, 4) is 0 Å². The summed E-state index contributed by atoms with van der Waals surface area (Å²) in [5, 5.41) is 15.9. The number of hydrogen-bond acceptors (Lipinski definition) is 6. The molecule has 0 bridgehead atoms. The zero-order valence-corrected chi connectivity index (χ0v) is 10.2. The molecule has 0 saturated heterocycles. The Morgan fingerprint density at radius 1 is 1.56 bits per heavy atom. The number of carbonyl (C=O) groups is 1. The second-order valence-electron chi connectivity index (χ2n) is 3.53. The largest absolute Gasteiger partial charge is 0.394 e. The quantitative estimate of drug-likeness (QED) is 0.645. The van der Waals surface area contributed by atoms with E-state index in [1.165, 1.54) is 24.8 Å². The highest BCUT2D eigenvalue weighted by molar-refractivity contribution is 8.05. The molecule has 0 aliphatic rings. The van der Waals surface area contributed by atoms with Crippen molar-refractivity contribution in [1.29, 1.82) is 0 Å². The maximum atomic E-state index is 11.4. The lowest BCUT2D eigenvalue weighted by Gasteiger charge is -2.07. The van der Waals surface area contributed by atoms with Crippen LogP contribution in [0.1, 0.15) is 12.0 Å². The first-order valence-electron chi connectivity index (χ1n) is 5.00. The van der Waals surface area contributed by atoms with Gasteiger partial charge in [0.15, 0.2) is 5.03 Å². The summed E-state index contributed by atoms with van der Waals surface area (Å²) in [7, 11) is -4.25. The van der Waals surface area contributed by atoms with E-state index in [0.29, 0.717) is 5.56 Å². The van der Waals surface area contributed by atoms with Gasteiger partial charge in [0.25, 0.3) is 9.84 Å². The number of pyridine rings is 1. The molecule has 99 valence electrons. The minimum Gasteiger partial charge on any atom is -0.394 e. The Morgan fingerprint density at radius 3 is 2.78 bits per heavy atom. The SMILES string of the molecule is NC(=O)S(=O)(=O)c1cc([CH]C[C@H](O)CO)ccn1. The highest BCUT2D eigenvalue weighted by Gasteiger charge is 2.23. The average Bonchev–Trinajstić information content (AvgIpc) is 2.36. The van der Waals surface area contributed by atoms with Crippen LogP contribution >= 0.6 is 0 Å². The number of aromatic nitrogens is 1. The van der Waals surface area contributed by atoms with Crippen LogP contribution in [0, 0.1) is 6.42 Å². The second-order valence-corrected chi connectivity index (χ2v) is 5.35. The summed E-state index contributed by atoms with van der Waals surface area (Å²) >= 11 is 0. The summed E-state index contributed by atoms with van der Waals surface area (Å²) in [6.07, 6.45) is 1.96. The molecule has 0 aliphatic heterocycles. The van der Waals surface area contributed by atoms with E-state index in [-0.39, 0.29) is 6.42 Å². The van der Waals surface area contributed by atoms with Crippen molar-refractivity contribution in [1.82, 2.24) is 4.98 Å². The number of hydrogen-bond donors (Lipinski definition) is 3. The lowest BCUT2D eigenvalue weighted by atomic mass is 10.1. The fourth-order valence-electron chi connectivity index (χ4n) is 1.15. The van der Waals surface area contributed by atoms with E-state index in [1.54, 1.807) is 0 Å². The van der Waals surface area contributed by atoms with E-state index in [0.717, 1.165) is 0 Å². The summed E-state index contributed by atoms with van der Waals surface area (Å²) in [6, 6.07) is 2.67. The molecule has 0 fully saturated rings. The fraction of sp³-hybridized carbons (Fsp3) is 0.300. The number of nitrogens with two attached hydrogens (primary N) is 1. The third-order valence-corrected chi connectivity index (χ3v) is 3.44. The van der Waals surface area contributed by atoms with Gasteiger partial charge in [0.2, 0.25) is 0 Å². The van der Waals surface area contributed by atoms with Crippen molar-refractivity contribution >= 4 is 15.1 Å². The predicted octanol–water partition coefficient (Wildman–Crippen LogP) is -0.770. The second kappa shape index (κ2) is 5.89. The van der Waals surface area contributed by atoms with Gasteiger partial charge in [-0.25, -0.2) is 13.4 Å². The first-order chi connectivity index (χ1) is 8.37. The Kier molecular flexibility index (Phi) is 4.76. The van der Waals surface area contributed by atoms with Crippen LogP contribution < -0.4 is 5.73 Å². The van der Waals surface area contributed by atoms with E-state index < -0.39 is 32.8 Å². The molecule has 1 aromatic heterocycles. The first kappa shape index (κ1) is 14.6. The molecule has 1 aromatic rings. The smallest absolute Gasteiger partial charge is 0.340 e. The van der Waals surface area contributed by atoms with Crippen molar-refractivity contribution in [2.45, 2.75) is 17.6 Å². The number of aliphatic hydroxyl groups is 2. The van der Waals surface area contributed by atoms with Crippen molar-refractivity contribution in [2.75, 3.05) is 6.61 Å². The fourth-order valence-corrected chi connectivity index (χ4v) is 1.85. The van der Waals surface area contributed by atoms with E-state index in [1.807, 2.05) is 0 Å². The Labute approximate surface area is 104 Å². The van der Waals surface area contributed by atoms with Crippen LogP contribution in [-0.2, 0) is 9.84 Å². The topological polar surface area (TPSA) is 131 Å². The van der Waals surface area contributed by atoms with Gasteiger partial charge in [0.05, 0.1) is 12.7 Å². The van der Waals surface area contributed by atoms with Crippen LogP contribution in [0.2, 0.25) is 0 Å². The molecule has 8 heteroatoms. The Bertz CT molecular complexity index is 529. The maximum Gasteiger partial charge on any atom is 0.340 e. The van der Waals surface area contributed by atoms with Gasteiger partial charge in [-0.05, 0) is 30.5 Å². The van der Waals surface area contributed by atoms with Crippen LogP contribution in [0.4, 0.5) is 4.79 Å². The van der Waals surface area contributed by atoms with Gasteiger partial charge in [-0.2, -0.15) is 0 Å². The number of carbonyl (C=O) groups excluding carboxylic acids is 1. The van der Waals surface area contributed by atoms with Gasteiger partial charge in [0, 0.05) is 6.20 Å². The monoisotopic (exact) mass is 273 g/mol. The highest BCUT2D eigenvalue weighted by Crippen LogP contribution is 2.13. The van der Waals surface area contributed by atoms with Gasteiger partial charge in [0.1, 0.15) is 0 Å². The van der Waals surface area contributed by atoms with E-state index in [4.69, 9.17) is 15.9 Å². The molecule has 1 amide bonds. The minimum absolute atomic E-state index is 0.149. The van der Waals surface area contributed by atoms with Gasteiger partial charge in [-0.3, -0.25) is 4.79 Å².